The van der Waals surface area contributed by atoms with Crippen LogP contribution in [0.5, 0.6) is 5.75 Å². The molecule has 1 aliphatic heterocycles. The van der Waals surface area contributed by atoms with E-state index in [1.807, 2.05) is 4.90 Å². The Balaban J connectivity index is 1.86. The van der Waals surface area contributed by atoms with E-state index >= 15 is 0 Å². The van der Waals surface area contributed by atoms with Gasteiger partial charge in [-0.25, -0.2) is 13.6 Å². The van der Waals surface area contributed by atoms with Crippen molar-refractivity contribution < 1.29 is 17.9 Å². The van der Waals surface area contributed by atoms with Gasteiger partial charge in [-0.2, -0.15) is 0 Å². The number of amides is 1. The Labute approximate surface area is 143 Å². The van der Waals surface area contributed by atoms with E-state index in [4.69, 9.17) is 9.88 Å². The second-order valence-electron chi connectivity index (χ2n) is 6.75. The summed E-state index contributed by atoms with van der Waals surface area (Å²) in [6.07, 6.45) is 5.97. The first-order valence-corrected chi connectivity index (χ1v) is 9.95. The number of sulfonamides is 1. The molecule has 2 atom stereocenters. The summed E-state index contributed by atoms with van der Waals surface area (Å²) in [6, 6.07) is 4.17. The lowest BCUT2D eigenvalue weighted by Crippen LogP contribution is -2.44. The number of piperidine rings is 1. The molecule has 24 heavy (non-hydrogen) atoms. The molecule has 1 aromatic carbocycles. The maximum atomic E-state index is 12.9. The Morgan fingerprint density at radius 1 is 1.21 bits per heavy atom. The molecule has 6 nitrogen and oxygen atoms in total. The maximum Gasteiger partial charge on any atom is 0.257 e. The van der Waals surface area contributed by atoms with E-state index in [0.717, 1.165) is 18.9 Å². The van der Waals surface area contributed by atoms with Crippen LogP contribution in [0.2, 0.25) is 0 Å². The van der Waals surface area contributed by atoms with Gasteiger partial charge in [0.25, 0.3) is 5.91 Å². The van der Waals surface area contributed by atoms with Gasteiger partial charge >= 0.3 is 0 Å². The summed E-state index contributed by atoms with van der Waals surface area (Å²) in [7, 11) is -2.39. The van der Waals surface area contributed by atoms with Crippen molar-refractivity contribution >= 4 is 15.9 Å². The number of rotatable bonds is 3. The summed E-state index contributed by atoms with van der Waals surface area (Å²) in [6.45, 7) is 1.45. The number of carbonyl (C=O) groups is 1. The summed E-state index contributed by atoms with van der Waals surface area (Å²) in [5.74, 6) is 1.48. The van der Waals surface area contributed by atoms with E-state index in [0.29, 0.717) is 18.2 Å². The lowest BCUT2D eigenvalue weighted by molar-refractivity contribution is 0.0518. The SMILES string of the molecule is COc1ccc(S(N)(=O)=O)cc1C(=O)N1CC[C@H]2CCCC[C@@H]2C1. The molecule has 1 aromatic rings. The minimum atomic E-state index is -3.86. The third-order valence-electron chi connectivity index (χ3n) is 5.31. The van der Waals surface area contributed by atoms with Crippen molar-refractivity contribution in [3.05, 3.63) is 23.8 Å². The average molecular weight is 352 g/mol. The van der Waals surface area contributed by atoms with Crippen molar-refractivity contribution in [1.29, 1.82) is 0 Å². The highest BCUT2D eigenvalue weighted by atomic mass is 32.2. The second-order valence-corrected chi connectivity index (χ2v) is 8.31. The number of nitrogens with two attached hydrogens (primary N) is 1. The van der Waals surface area contributed by atoms with Crippen LogP contribution in [0.3, 0.4) is 0 Å². The minimum absolute atomic E-state index is 0.0702. The number of likely N-dealkylation sites (tertiary alicyclic amines) is 1. The van der Waals surface area contributed by atoms with Crippen LogP contribution in [0, 0.1) is 11.8 Å². The number of carbonyl (C=O) groups excluding carboxylic acids is 1. The third-order valence-corrected chi connectivity index (χ3v) is 6.22. The summed E-state index contributed by atoms with van der Waals surface area (Å²) in [5.41, 5.74) is 0.262. The van der Waals surface area contributed by atoms with Crippen LogP contribution in [0.4, 0.5) is 0 Å². The number of fused-ring (bicyclic) bond motifs is 1. The fraction of sp³-hybridized carbons (Fsp3) is 0.588. The van der Waals surface area contributed by atoms with Gasteiger partial charge in [0.05, 0.1) is 17.6 Å². The summed E-state index contributed by atoms with van der Waals surface area (Å²) < 4.78 is 28.4. The van der Waals surface area contributed by atoms with Crippen molar-refractivity contribution in [3.8, 4) is 5.75 Å². The van der Waals surface area contributed by atoms with Crippen LogP contribution >= 0.6 is 0 Å². The first-order chi connectivity index (χ1) is 11.4. The van der Waals surface area contributed by atoms with Gasteiger partial charge in [0.15, 0.2) is 0 Å². The molecule has 132 valence electrons. The molecule has 0 spiro atoms. The van der Waals surface area contributed by atoms with Crippen LogP contribution in [0.15, 0.2) is 23.1 Å². The van der Waals surface area contributed by atoms with Gasteiger partial charge in [-0.1, -0.05) is 19.3 Å². The lowest BCUT2D eigenvalue weighted by Gasteiger charge is -2.41. The van der Waals surface area contributed by atoms with E-state index in [-0.39, 0.29) is 16.4 Å². The number of benzene rings is 1. The van der Waals surface area contributed by atoms with Crippen molar-refractivity contribution in [2.45, 2.75) is 37.0 Å². The molecule has 0 bridgehead atoms. The quantitative estimate of drug-likeness (QED) is 0.901. The Kier molecular flexibility index (Phi) is 4.83. The zero-order chi connectivity index (χ0) is 17.3. The fourth-order valence-corrected chi connectivity index (χ4v) is 4.53. The largest absolute Gasteiger partial charge is 0.496 e. The predicted octanol–water partition coefficient (Wildman–Crippen LogP) is 1.99. The Morgan fingerprint density at radius 2 is 1.92 bits per heavy atom. The van der Waals surface area contributed by atoms with Crippen LogP contribution in [0.25, 0.3) is 0 Å². The summed E-state index contributed by atoms with van der Waals surface area (Å²) in [4.78, 5) is 14.7. The van der Waals surface area contributed by atoms with E-state index in [2.05, 4.69) is 0 Å². The molecule has 2 N–H and O–H groups in total. The van der Waals surface area contributed by atoms with Gasteiger partial charge < -0.3 is 9.64 Å². The summed E-state index contributed by atoms with van der Waals surface area (Å²) >= 11 is 0. The first-order valence-electron chi connectivity index (χ1n) is 8.40. The van der Waals surface area contributed by atoms with E-state index < -0.39 is 10.0 Å². The fourth-order valence-electron chi connectivity index (χ4n) is 3.99. The molecular formula is C17H24N2O4S. The number of hydrogen-bond acceptors (Lipinski definition) is 4. The molecule has 0 radical (unpaired) electrons. The molecule has 1 saturated carbocycles. The van der Waals surface area contributed by atoms with Gasteiger partial charge in [-0.05, 0) is 42.9 Å². The molecule has 7 heteroatoms. The molecule has 3 rings (SSSR count). The summed E-state index contributed by atoms with van der Waals surface area (Å²) in [5, 5.41) is 5.19. The Hall–Kier alpha value is -1.60. The van der Waals surface area contributed by atoms with Gasteiger partial charge in [0.1, 0.15) is 5.75 Å². The molecule has 0 unspecified atom stereocenters. The molecule has 1 aliphatic carbocycles. The molecule has 2 aliphatic rings. The molecule has 0 aromatic heterocycles. The Bertz CT molecular complexity index is 732. The van der Waals surface area contributed by atoms with Crippen LogP contribution in [-0.2, 0) is 10.0 Å². The number of primary sulfonamides is 1. The Morgan fingerprint density at radius 3 is 2.58 bits per heavy atom. The average Bonchev–Trinajstić information content (AvgIpc) is 2.59. The number of hydrogen-bond donors (Lipinski definition) is 1. The van der Waals surface area contributed by atoms with Crippen molar-refractivity contribution in [2.75, 3.05) is 20.2 Å². The van der Waals surface area contributed by atoms with Gasteiger partial charge in [0.2, 0.25) is 10.0 Å². The maximum absolute atomic E-state index is 12.9. The first kappa shape index (κ1) is 17.2. The van der Waals surface area contributed by atoms with E-state index in [1.165, 1.54) is 51.0 Å². The highest BCUT2D eigenvalue weighted by molar-refractivity contribution is 7.89. The zero-order valence-corrected chi connectivity index (χ0v) is 14.7. The van der Waals surface area contributed by atoms with Gasteiger partial charge in [0, 0.05) is 13.1 Å². The lowest BCUT2D eigenvalue weighted by atomic mass is 9.75. The third kappa shape index (κ3) is 3.42. The van der Waals surface area contributed by atoms with Gasteiger partial charge in [-0.3, -0.25) is 4.79 Å². The predicted molar refractivity (Wildman–Crippen MR) is 90.3 cm³/mol. The van der Waals surface area contributed by atoms with E-state index in [9.17, 15) is 13.2 Å². The van der Waals surface area contributed by atoms with Gasteiger partial charge in [-0.15, -0.1) is 0 Å². The van der Waals surface area contributed by atoms with Crippen LogP contribution in [-0.4, -0.2) is 39.4 Å². The van der Waals surface area contributed by atoms with Crippen molar-refractivity contribution in [2.24, 2.45) is 17.0 Å². The second kappa shape index (κ2) is 6.72. The van der Waals surface area contributed by atoms with Crippen molar-refractivity contribution in [3.63, 3.8) is 0 Å². The van der Waals surface area contributed by atoms with E-state index in [1.54, 1.807) is 0 Å². The van der Waals surface area contributed by atoms with Crippen LogP contribution < -0.4 is 9.88 Å². The highest BCUT2D eigenvalue weighted by Gasteiger charge is 2.34. The topological polar surface area (TPSA) is 89.7 Å². The normalized spacial score (nSPS) is 24.3. The minimum Gasteiger partial charge on any atom is -0.496 e. The number of ether oxygens (including phenoxy) is 1. The van der Waals surface area contributed by atoms with Crippen LogP contribution in [0.1, 0.15) is 42.5 Å². The smallest absolute Gasteiger partial charge is 0.257 e. The monoisotopic (exact) mass is 352 g/mol. The molecule has 1 amide bonds. The zero-order valence-electron chi connectivity index (χ0n) is 13.9. The number of methoxy groups -OCH3 is 1. The molecule has 1 heterocycles. The molecule has 2 fully saturated rings. The number of nitrogens with zero attached hydrogens (tertiary/aromatic N) is 1. The molecular weight excluding hydrogens is 328 g/mol. The molecule has 1 saturated heterocycles. The standard InChI is InChI=1S/C17H24N2O4S/c1-23-16-7-6-14(24(18,21)22)10-15(16)17(20)19-9-8-12-4-2-3-5-13(12)11-19/h6-7,10,12-13H,2-5,8-9,11H2,1H3,(H2,18,21,22)/t12-,13-/m1/s1. The highest BCUT2D eigenvalue weighted by Crippen LogP contribution is 2.37. The van der Waals surface area contributed by atoms with Crippen molar-refractivity contribution in [1.82, 2.24) is 4.90 Å².